The summed E-state index contributed by atoms with van der Waals surface area (Å²) in [5.74, 6) is -1.79. The zero-order valence-corrected chi connectivity index (χ0v) is 23.7. The average molecular weight is 556 g/mol. The Morgan fingerprint density at radius 3 is 2.30 bits per heavy atom. The molecule has 4 rings (SSSR count). The number of carbonyl (C=O) groups is 3. The Balaban J connectivity index is 1.48. The van der Waals surface area contributed by atoms with Crippen molar-refractivity contribution in [3.8, 4) is 0 Å². The number of rotatable bonds is 7. The number of nitrogens with zero attached hydrogens (tertiary/aromatic N) is 3. The molecule has 1 unspecified atom stereocenters. The number of esters is 1. The summed E-state index contributed by atoms with van der Waals surface area (Å²) in [4.78, 5) is 44.8. The molecule has 1 aliphatic carbocycles. The third-order valence-corrected chi connectivity index (χ3v) is 9.63. The predicted molar refractivity (Wildman–Crippen MR) is 141 cm³/mol. The molecule has 3 aliphatic heterocycles. The second kappa shape index (κ2) is 11.4. The molecule has 0 aromatic rings. The van der Waals surface area contributed by atoms with Crippen LogP contribution in [0.5, 0.6) is 0 Å². The Morgan fingerprint density at radius 2 is 1.70 bits per heavy atom. The highest BCUT2D eigenvalue weighted by Crippen LogP contribution is 2.51. The lowest BCUT2D eigenvalue weighted by Gasteiger charge is -2.46. The summed E-state index contributed by atoms with van der Waals surface area (Å²) in [6.07, 6.45) is 1.67. The van der Waals surface area contributed by atoms with Gasteiger partial charge in [-0.25, -0.2) is 9.59 Å². The van der Waals surface area contributed by atoms with Crippen molar-refractivity contribution in [2.45, 2.75) is 82.7 Å². The lowest BCUT2D eigenvalue weighted by molar-refractivity contribution is -0.174. The van der Waals surface area contributed by atoms with Crippen LogP contribution < -0.4 is 0 Å². The first-order valence-corrected chi connectivity index (χ1v) is 14.2. The molecule has 0 radical (unpaired) electrons. The van der Waals surface area contributed by atoms with Crippen molar-refractivity contribution in [3.63, 3.8) is 0 Å². The standard InChI is InChI=1S/C25H37N3O7S2/c1-13-19-18(14(2)29)22(30)28(19)20(21(13)37-17-11-26(4)24(36)27(5)12-17)23(31)33-15(3)34-25(32)35-16-9-7-6-8-10-16/h13-19,29H,6-12H2,1-5H3/t13-,14-,15?,18-,19-/m1/s1. The molecule has 0 aromatic carbocycles. The molecule has 0 bridgehead atoms. The van der Waals surface area contributed by atoms with Gasteiger partial charge < -0.3 is 34.0 Å². The number of thiocarbonyl (C=S) groups is 1. The Morgan fingerprint density at radius 1 is 1.08 bits per heavy atom. The quantitative estimate of drug-likeness (QED) is 0.217. The van der Waals surface area contributed by atoms with E-state index in [-0.39, 0.29) is 34.9 Å². The molecule has 1 N–H and O–H groups in total. The summed E-state index contributed by atoms with van der Waals surface area (Å²) in [6, 6.07) is -0.329. The molecule has 3 heterocycles. The minimum Gasteiger partial charge on any atom is -0.431 e. The molecule has 2 saturated heterocycles. The van der Waals surface area contributed by atoms with Crippen LogP contribution >= 0.6 is 24.0 Å². The van der Waals surface area contributed by atoms with E-state index in [0.29, 0.717) is 13.1 Å². The number of fused-ring (bicyclic) bond motifs is 1. The highest BCUT2D eigenvalue weighted by Gasteiger charge is 2.60. The van der Waals surface area contributed by atoms with Crippen molar-refractivity contribution in [3.05, 3.63) is 10.6 Å². The molecule has 5 atom stereocenters. The molecule has 3 fully saturated rings. The van der Waals surface area contributed by atoms with Crippen LogP contribution in [0.1, 0.15) is 52.9 Å². The Bertz CT molecular complexity index is 954. The van der Waals surface area contributed by atoms with Gasteiger partial charge in [0.2, 0.25) is 12.2 Å². The SMILES string of the molecule is CC(OC(=O)OC1CCCCC1)OC(=O)C1=C(SC2CN(C)C(=S)N(C)C2)[C@H](C)[C@@H]2[C@@H]([C@@H](C)O)C(=O)N12. The van der Waals surface area contributed by atoms with Crippen molar-refractivity contribution >= 4 is 47.1 Å². The van der Waals surface area contributed by atoms with Crippen LogP contribution in [0.15, 0.2) is 10.6 Å². The van der Waals surface area contributed by atoms with Crippen LogP contribution in [0, 0.1) is 11.8 Å². The van der Waals surface area contributed by atoms with E-state index in [1.54, 1.807) is 6.92 Å². The normalized spacial score (nSPS) is 28.6. The van der Waals surface area contributed by atoms with E-state index in [2.05, 4.69) is 0 Å². The van der Waals surface area contributed by atoms with Gasteiger partial charge in [-0.1, -0.05) is 13.3 Å². The number of aliphatic hydroxyl groups is 1. The molecule has 1 amide bonds. The summed E-state index contributed by atoms with van der Waals surface area (Å²) in [5.41, 5.74) is 0.166. The molecule has 0 aromatic heterocycles. The number of aliphatic hydroxyl groups excluding tert-OH is 1. The van der Waals surface area contributed by atoms with E-state index < -0.39 is 30.4 Å². The molecule has 12 heteroatoms. The fourth-order valence-electron chi connectivity index (χ4n) is 5.75. The first-order chi connectivity index (χ1) is 17.5. The van der Waals surface area contributed by atoms with Gasteiger partial charge in [0.15, 0.2) is 5.11 Å². The van der Waals surface area contributed by atoms with Crippen LogP contribution in [0.3, 0.4) is 0 Å². The Hall–Kier alpha value is -2.05. The van der Waals surface area contributed by atoms with E-state index >= 15 is 0 Å². The summed E-state index contributed by atoms with van der Waals surface area (Å²) in [5, 5.41) is 11.1. The average Bonchev–Trinajstić information content (AvgIpc) is 3.05. The largest absolute Gasteiger partial charge is 0.511 e. The monoisotopic (exact) mass is 555 g/mol. The maximum absolute atomic E-state index is 13.4. The maximum Gasteiger partial charge on any atom is 0.511 e. The van der Waals surface area contributed by atoms with Crippen molar-refractivity contribution in [2.75, 3.05) is 27.2 Å². The van der Waals surface area contributed by atoms with Crippen LogP contribution in [-0.4, -0.2) is 99.9 Å². The number of ether oxygens (including phenoxy) is 3. The zero-order valence-electron chi connectivity index (χ0n) is 22.0. The molecule has 0 spiro atoms. The maximum atomic E-state index is 13.4. The summed E-state index contributed by atoms with van der Waals surface area (Å²) in [7, 11) is 3.86. The van der Waals surface area contributed by atoms with E-state index in [0.717, 1.165) is 42.1 Å². The van der Waals surface area contributed by atoms with Crippen molar-refractivity contribution < 1.29 is 33.7 Å². The fraction of sp³-hybridized carbons (Fsp3) is 0.760. The first-order valence-electron chi connectivity index (χ1n) is 13.0. The molecule has 1 saturated carbocycles. The van der Waals surface area contributed by atoms with Gasteiger partial charge in [0.05, 0.1) is 18.1 Å². The van der Waals surface area contributed by atoms with E-state index in [4.69, 9.17) is 26.4 Å². The van der Waals surface area contributed by atoms with Gasteiger partial charge in [0, 0.05) is 50.2 Å². The van der Waals surface area contributed by atoms with Gasteiger partial charge in [0.25, 0.3) is 0 Å². The van der Waals surface area contributed by atoms with Gasteiger partial charge in [-0.3, -0.25) is 4.79 Å². The predicted octanol–water partition coefficient (Wildman–Crippen LogP) is 2.69. The molecule has 206 valence electrons. The van der Waals surface area contributed by atoms with Gasteiger partial charge in [0.1, 0.15) is 11.8 Å². The molecular weight excluding hydrogens is 518 g/mol. The van der Waals surface area contributed by atoms with E-state index in [1.165, 1.54) is 23.6 Å². The first kappa shape index (κ1) is 28.0. The van der Waals surface area contributed by atoms with Gasteiger partial charge in [-0.05, 0) is 44.8 Å². The summed E-state index contributed by atoms with van der Waals surface area (Å²) in [6.45, 7) is 6.39. The lowest BCUT2D eigenvalue weighted by atomic mass is 9.79. The number of thioether (sulfide) groups is 1. The van der Waals surface area contributed by atoms with Crippen LogP contribution in [0.4, 0.5) is 4.79 Å². The second-order valence-corrected chi connectivity index (χ2v) is 12.2. The smallest absolute Gasteiger partial charge is 0.431 e. The number of hydrogen-bond acceptors (Lipinski definition) is 9. The van der Waals surface area contributed by atoms with Crippen LogP contribution in [0.2, 0.25) is 0 Å². The minimum atomic E-state index is -1.19. The topological polar surface area (TPSA) is 109 Å². The third-order valence-electron chi connectivity index (χ3n) is 7.55. The zero-order chi connectivity index (χ0) is 27.0. The Labute approximate surface area is 227 Å². The van der Waals surface area contributed by atoms with Crippen LogP contribution in [-0.2, 0) is 23.8 Å². The fourth-order valence-corrected chi connectivity index (χ4v) is 7.50. The highest BCUT2D eigenvalue weighted by molar-refractivity contribution is 8.03. The summed E-state index contributed by atoms with van der Waals surface area (Å²) < 4.78 is 16.0. The minimum absolute atomic E-state index is 0.0971. The molecule has 10 nitrogen and oxygen atoms in total. The summed E-state index contributed by atoms with van der Waals surface area (Å²) >= 11 is 6.98. The van der Waals surface area contributed by atoms with Crippen LogP contribution in [0.25, 0.3) is 0 Å². The van der Waals surface area contributed by atoms with Crippen molar-refractivity contribution in [1.29, 1.82) is 0 Å². The van der Waals surface area contributed by atoms with Crippen molar-refractivity contribution in [1.82, 2.24) is 14.7 Å². The molecule has 37 heavy (non-hydrogen) atoms. The number of hydrogen-bond donors (Lipinski definition) is 1. The lowest BCUT2D eigenvalue weighted by Crippen LogP contribution is -2.63. The van der Waals surface area contributed by atoms with E-state index in [1.807, 2.05) is 30.8 Å². The number of β-lactam (4-membered cyclic amide) rings is 1. The van der Waals surface area contributed by atoms with Gasteiger partial charge in [-0.2, -0.15) is 0 Å². The van der Waals surface area contributed by atoms with Gasteiger partial charge >= 0.3 is 12.1 Å². The second-order valence-electron chi connectivity index (χ2n) is 10.5. The number of carbonyl (C=O) groups excluding carboxylic acids is 3. The van der Waals surface area contributed by atoms with E-state index in [9.17, 15) is 19.5 Å². The molecule has 4 aliphatic rings. The van der Waals surface area contributed by atoms with Gasteiger partial charge in [-0.15, -0.1) is 11.8 Å². The third kappa shape index (κ3) is 5.70. The Kier molecular flexibility index (Phi) is 8.59. The van der Waals surface area contributed by atoms with Crippen molar-refractivity contribution in [2.24, 2.45) is 11.8 Å². The molecular formula is C25H37N3O7S2. The highest BCUT2D eigenvalue weighted by atomic mass is 32.2. The number of amides is 1.